The smallest absolute Gasteiger partial charge is 0.231 e. The number of fused-ring (bicyclic) bond motifs is 1. The minimum absolute atomic E-state index is 0.00509. The van der Waals surface area contributed by atoms with Crippen LogP contribution in [-0.4, -0.2) is 28.8 Å². The van der Waals surface area contributed by atoms with E-state index in [1.165, 1.54) is 28.8 Å². The number of carbonyl (C=O) groups excluding carboxylic acids is 1. The lowest BCUT2D eigenvalue weighted by Crippen LogP contribution is -2.48. The van der Waals surface area contributed by atoms with Gasteiger partial charge in [0.2, 0.25) is 5.91 Å². The molecule has 1 saturated heterocycles. The molecule has 0 unspecified atom stereocenters. The van der Waals surface area contributed by atoms with Gasteiger partial charge in [0.1, 0.15) is 11.6 Å². The van der Waals surface area contributed by atoms with Gasteiger partial charge in [-0.15, -0.1) is 11.8 Å². The quantitative estimate of drug-likeness (QED) is 0.860. The maximum atomic E-state index is 13.7. The Morgan fingerprint density at radius 2 is 2.07 bits per heavy atom. The molecule has 2 atom stereocenters. The Balaban J connectivity index is 1.78. The monoisotopic (exact) mass is 396 g/mol. The zero-order valence-electron chi connectivity index (χ0n) is 15.1. The number of methoxy groups -OCH3 is 1. The van der Waals surface area contributed by atoms with E-state index in [9.17, 15) is 19.6 Å². The summed E-state index contributed by atoms with van der Waals surface area (Å²) in [6, 6.07) is 15.0. The van der Waals surface area contributed by atoms with Crippen LogP contribution in [0.3, 0.4) is 0 Å². The Hall–Kier alpha value is -2.82. The average Bonchev–Trinajstić information content (AvgIpc) is 3.07. The van der Waals surface area contributed by atoms with Gasteiger partial charge in [0, 0.05) is 17.9 Å². The molecule has 7 heteroatoms. The summed E-state index contributed by atoms with van der Waals surface area (Å²) in [6.07, 6.45) is -0.00509. The molecule has 1 N–H and O–H groups in total. The summed E-state index contributed by atoms with van der Waals surface area (Å²) in [6.45, 7) is 0. The summed E-state index contributed by atoms with van der Waals surface area (Å²) in [4.78, 5) is 14.3. The van der Waals surface area contributed by atoms with Gasteiger partial charge < -0.3 is 9.84 Å². The number of carbonyl (C=O) groups is 1. The van der Waals surface area contributed by atoms with Gasteiger partial charge in [0.05, 0.1) is 29.5 Å². The first-order chi connectivity index (χ1) is 13.5. The molecule has 4 rings (SSSR count). The van der Waals surface area contributed by atoms with E-state index in [1.807, 2.05) is 0 Å². The third-order valence-corrected chi connectivity index (χ3v) is 6.34. The first-order valence-electron chi connectivity index (χ1n) is 8.70. The molecule has 2 aliphatic heterocycles. The second-order valence-electron chi connectivity index (χ2n) is 6.71. The largest absolute Gasteiger partial charge is 0.497 e. The van der Waals surface area contributed by atoms with Crippen molar-refractivity contribution in [1.29, 1.82) is 5.26 Å². The highest BCUT2D eigenvalue weighted by Gasteiger charge is 2.51. The fourth-order valence-electron chi connectivity index (χ4n) is 3.70. The van der Waals surface area contributed by atoms with Gasteiger partial charge >= 0.3 is 0 Å². The van der Waals surface area contributed by atoms with Crippen LogP contribution in [0.5, 0.6) is 5.75 Å². The zero-order valence-corrected chi connectivity index (χ0v) is 15.9. The Morgan fingerprint density at radius 3 is 2.71 bits per heavy atom. The van der Waals surface area contributed by atoms with Crippen LogP contribution in [0, 0.1) is 17.1 Å². The van der Waals surface area contributed by atoms with Crippen LogP contribution in [-0.2, 0) is 10.5 Å². The van der Waals surface area contributed by atoms with Crippen molar-refractivity contribution in [2.24, 2.45) is 0 Å². The predicted molar refractivity (Wildman–Crippen MR) is 103 cm³/mol. The number of allylic oxidation sites excluding steroid dienone is 1. The second kappa shape index (κ2) is 6.97. The third kappa shape index (κ3) is 2.86. The van der Waals surface area contributed by atoms with E-state index in [-0.39, 0.29) is 18.1 Å². The fourth-order valence-corrected chi connectivity index (χ4v) is 5.06. The molecule has 0 bridgehead atoms. The molecule has 1 fully saturated rings. The van der Waals surface area contributed by atoms with Crippen molar-refractivity contribution < 1.29 is 19.0 Å². The van der Waals surface area contributed by atoms with Gasteiger partial charge in [-0.05, 0) is 29.8 Å². The van der Waals surface area contributed by atoms with E-state index in [0.717, 1.165) is 0 Å². The molecule has 0 aromatic heterocycles. The number of hydrogen-bond donors (Lipinski definition) is 1. The van der Waals surface area contributed by atoms with Crippen molar-refractivity contribution in [3.63, 3.8) is 0 Å². The highest BCUT2D eigenvalue weighted by molar-refractivity contribution is 8.03. The molecule has 2 aliphatic rings. The zero-order chi connectivity index (χ0) is 19.9. The summed E-state index contributed by atoms with van der Waals surface area (Å²) in [5.74, 6) is -0.385. The van der Waals surface area contributed by atoms with Crippen LogP contribution in [0.15, 0.2) is 59.1 Å². The van der Waals surface area contributed by atoms with Gasteiger partial charge in [-0.1, -0.05) is 24.3 Å². The van der Waals surface area contributed by atoms with Crippen LogP contribution in [0.4, 0.5) is 4.39 Å². The number of halogens is 1. The van der Waals surface area contributed by atoms with Crippen molar-refractivity contribution in [3.8, 4) is 11.8 Å². The minimum Gasteiger partial charge on any atom is -0.497 e. The first kappa shape index (κ1) is 18.5. The topological polar surface area (TPSA) is 73.6 Å². The van der Waals surface area contributed by atoms with Crippen molar-refractivity contribution in [3.05, 3.63) is 76.1 Å². The standard InChI is InChI=1S/C21H17FN2O3S/c1-27-16-7-5-14(6-8-16)21(26)12-28-20-18(11-23)17(10-19(25)24(20)21)13-3-2-4-15(22)9-13/h2-9,17,26H,10,12H2,1H3/t17-,21-/m1/s1. The second-order valence-corrected chi connectivity index (χ2v) is 7.67. The normalized spacial score (nSPS) is 24.1. The van der Waals surface area contributed by atoms with Crippen LogP contribution in [0.1, 0.15) is 23.5 Å². The van der Waals surface area contributed by atoms with Crippen molar-refractivity contribution in [2.45, 2.75) is 18.1 Å². The number of rotatable bonds is 3. The molecule has 28 heavy (non-hydrogen) atoms. The van der Waals surface area contributed by atoms with E-state index in [1.54, 1.807) is 43.5 Å². The molecule has 5 nitrogen and oxygen atoms in total. The maximum absolute atomic E-state index is 13.7. The molecule has 1 amide bonds. The lowest BCUT2D eigenvalue weighted by Gasteiger charge is -2.38. The fraction of sp³-hybridized carbons (Fsp3) is 0.238. The number of hydrogen-bond acceptors (Lipinski definition) is 5. The number of nitrogens with zero attached hydrogens (tertiary/aromatic N) is 2. The molecule has 0 aliphatic carbocycles. The molecule has 0 spiro atoms. The number of nitriles is 1. The van der Waals surface area contributed by atoms with Gasteiger partial charge in [-0.2, -0.15) is 5.26 Å². The summed E-state index contributed by atoms with van der Waals surface area (Å²) < 4.78 is 18.8. The van der Waals surface area contributed by atoms with Crippen molar-refractivity contribution in [1.82, 2.24) is 4.90 Å². The summed E-state index contributed by atoms with van der Waals surface area (Å²) >= 11 is 1.26. The summed E-state index contributed by atoms with van der Waals surface area (Å²) in [7, 11) is 1.55. The third-order valence-electron chi connectivity index (χ3n) is 5.11. The molecule has 2 aromatic rings. The van der Waals surface area contributed by atoms with Crippen LogP contribution >= 0.6 is 11.8 Å². The van der Waals surface area contributed by atoms with Crippen LogP contribution in [0.25, 0.3) is 0 Å². The molecule has 2 aromatic carbocycles. The maximum Gasteiger partial charge on any atom is 0.231 e. The first-order valence-corrected chi connectivity index (χ1v) is 9.69. The Bertz CT molecular complexity index is 1020. The van der Waals surface area contributed by atoms with E-state index < -0.39 is 17.5 Å². The van der Waals surface area contributed by atoms with E-state index in [0.29, 0.717) is 27.5 Å². The average molecular weight is 396 g/mol. The number of benzene rings is 2. The van der Waals surface area contributed by atoms with Gasteiger partial charge in [-0.25, -0.2) is 4.39 Å². The highest BCUT2D eigenvalue weighted by Crippen LogP contribution is 2.51. The lowest BCUT2D eigenvalue weighted by atomic mass is 9.85. The number of ether oxygens (including phenoxy) is 1. The van der Waals surface area contributed by atoms with Gasteiger partial charge in [-0.3, -0.25) is 9.69 Å². The Kier molecular flexibility index (Phi) is 4.61. The Morgan fingerprint density at radius 1 is 1.32 bits per heavy atom. The van der Waals surface area contributed by atoms with Crippen LogP contribution < -0.4 is 4.74 Å². The Labute approximate surface area is 166 Å². The molecule has 0 saturated carbocycles. The molecule has 2 heterocycles. The van der Waals surface area contributed by atoms with E-state index in [4.69, 9.17) is 4.74 Å². The number of aliphatic hydroxyl groups is 1. The molecule has 142 valence electrons. The van der Waals surface area contributed by atoms with Crippen molar-refractivity contribution in [2.75, 3.05) is 12.9 Å². The molecular formula is C21H17FN2O3S. The van der Waals surface area contributed by atoms with E-state index in [2.05, 4.69) is 6.07 Å². The summed E-state index contributed by atoms with van der Waals surface area (Å²) in [5.41, 5.74) is -0.0407. The lowest BCUT2D eigenvalue weighted by molar-refractivity contribution is -0.149. The summed E-state index contributed by atoms with van der Waals surface area (Å²) in [5, 5.41) is 21.6. The van der Waals surface area contributed by atoms with E-state index >= 15 is 0 Å². The number of thioether (sulfide) groups is 1. The molecular weight excluding hydrogens is 379 g/mol. The number of amides is 1. The highest BCUT2D eigenvalue weighted by atomic mass is 32.2. The predicted octanol–water partition coefficient (Wildman–Crippen LogP) is 3.48. The van der Waals surface area contributed by atoms with Crippen LogP contribution in [0.2, 0.25) is 0 Å². The van der Waals surface area contributed by atoms with Gasteiger partial charge in [0.25, 0.3) is 0 Å². The SMILES string of the molecule is COc1ccc([C@]2(O)CSC3=C(C#N)[C@@H](c4cccc(F)c4)CC(=O)N32)cc1. The minimum atomic E-state index is -1.54. The van der Waals surface area contributed by atoms with Crippen molar-refractivity contribution >= 4 is 17.7 Å². The van der Waals surface area contributed by atoms with Gasteiger partial charge in [0.15, 0.2) is 5.72 Å². The molecule has 0 radical (unpaired) electrons.